The Kier molecular flexibility index (Phi) is 8.13. The fourth-order valence-corrected chi connectivity index (χ4v) is 8.87. The first kappa shape index (κ1) is 22.9. The van der Waals surface area contributed by atoms with Crippen LogP contribution >= 0.6 is 15.8 Å². The second-order valence-corrected chi connectivity index (χ2v) is 17.1. The molecule has 0 nitrogen and oxygen atoms in total. The van der Waals surface area contributed by atoms with Crippen LogP contribution in [-0.4, -0.2) is 36.0 Å². The Morgan fingerprint density at radius 2 is 0.727 bits per heavy atom. The molecule has 2 heteroatoms. The smallest absolute Gasteiger partial charge is 0.0148 e. The van der Waals surface area contributed by atoms with E-state index in [0.717, 1.165) is 0 Å². The molecule has 0 spiro atoms. The first-order chi connectivity index (χ1) is 9.46. The van der Waals surface area contributed by atoms with Gasteiger partial charge in [0.15, 0.2) is 0 Å². The quantitative estimate of drug-likeness (QED) is 0.415. The van der Waals surface area contributed by atoms with Crippen LogP contribution in [0, 0.1) is 10.8 Å². The summed E-state index contributed by atoms with van der Waals surface area (Å²) < 4.78 is 0. The molecule has 2 atom stereocenters. The summed E-state index contributed by atoms with van der Waals surface area (Å²) in [6.07, 6.45) is 5.59. The SMILES string of the molecule is CP(CC[P@@](C)C(C)(C)CC(C)(C)C)C(C)(C)CC(C)(C)C. The van der Waals surface area contributed by atoms with Crippen LogP contribution in [0.5, 0.6) is 0 Å². The van der Waals surface area contributed by atoms with Gasteiger partial charge in [0.05, 0.1) is 0 Å². The van der Waals surface area contributed by atoms with Crippen LogP contribution < -0.4 is 0 Å². The molecule has 0 aliphatic carbocycles. The lowest BCUT2D eigenvalue weighted by atomic mass is 9.86. The highest BCUT2D eigenvalue weighted by atomic mass is 31.1. The van der Waals surface area contributed by atoms with Crippen molar-refractivity contribution in [2.75, 3.05) is 25.7 Å². The summed E-state index contributed by atoms with van der Waals surface area (Å²) in [6.45, 7) is 29.4. The van der Waals surface area contributed by atoms with Gasteiger partial charge in [0, 0.05) is 0 Å². The standard InChI is InChI=1S/C20H44P2/c1-17(2,3)15-19(7,8)21(11)13-14-22(12)20(9,10)16-18(4,5)6/h13-16H2,1-12H3/t21-,22?/m1/s1. The van der Waals surface area contributed by atoms with Crippen LogP contribution in [0.3, 0.4) is 0 Å². The molecule has 0 aliphatic heterocycles. The van der Waals surface area contributed by atoms with Crippen molar-refractivity contribution in [2.45, 2.75) is 92.4 Å². The summed E-state index contributed by atoms with van der Waals surface area (Å²) in [5.41, 5.74) is 0.894. The summed E-state index contributed by atoms with van der Waals surface area (Å²) >= 11 is 0. The van der Waals surface area contributed by atoms with E-state index in [1.165, 1.54) is 25.2 Å². The van der Waals surface area contributed by atoms with Crippen molar-refractivity contribution in [2.24, 2.45) is 10.8 Å². The van der Waals surface area contributed by atoms with Crippen molar-refractivity contribution >= 4 is 15.8 Å². The molecule has 0 aromatic carbocycles. The molecule has 0 aliphatic rings. The average Bonchev–Trinajstić information content (AvgIpc) is 2.17. The van der Waals surface area contributed by atoms with Gasteiger partial charge in [-0.2, -0.15) is 0 Å². The van der Waals surface area contributed by atoms with E-state index in [1.54, 1.807) is 0 Å². The van der Waals surface area contributed by atoms with E-state index >= 15 is 0 Å². The molecule has 0 N–H and O–H groups in total. The van der Waals surface area contributed by atoms with E-state index in [-0.39, 0.29) is 15.8 Å². The third-order valence-electron chi connectivity index (χ3n) is 4.76. The van der Waals surface area contributed by atoms with Gasteiger partial charge < -0.3 is 0 Å². The van der Waals surface area contributed by atoms with Crippen molar-refractivity contribution in [3.8, 4) is 0 Å². The van der Waals surface area contributed by atoms with E-state index in [9.17, 15) is 0 Å². The molecule has 0 saturated carbocycles. The monoisotopic (exact) mass is 346 g/mol. The molecule has 1 unspecified atom stereocenters. The van der Waals surface area contributed by atoms with Crippen LogP contribution in [0.2, 0.25) is 0 Å². The molecular weight excluding hydrogens is 302 g/mol. The van der Waals surface area contributed by atoms with Gasteiger partial charge in [0.2, 0.25) is 0 Å². The molecular formula is C20H44P2. The largest absolute Gasteiger partial charge is 0.104 e. The Labute approximate surface area is 145 Å². The molecule has 0 radical (unpaired) electrons. The summed E-state index contributed by atoms with van der Waals surface area (Å²) in [4.78, 5) is 0. The Morgan fingerprint density at radius 3 is 0.909 bits per heavy atom. The van der Waals surface area contributed by atoms with Gasteiger partial charge >= 0.3 is 0 Å². The fourth-order valence-electron chi connectivity index (χ4n) is 3.77. The highest BCUT2D eigenvalue weighted by Crippen LogP contribution is 2.57. The molecule has 0 amide bonds. The van der Waals surface area contributed by atoms with Gasteiger partial charge in [-0.05, 0) is 59.6 Å². The molecule has 0 aromatic heterocycles. The maximum absolute atomic E-state index is 2.54. The van der Waals surface area contributed by atoms with E-state index in [0.29, 0.717) is 21.1 Å². The Morgan fingerprint density at radius 1 is 0.500 bits per heavy atom. The molecule has 0 heterocycles. The number of rotatable bonds is 7. The third-order valence-corrected chi connectivity index (χ3v) is 11.4. The van der Waals surface area contributed by atoms with Gasteiger partial charge in [-0.1, -0.05) is 69.2 Å². The van der Waals surface area contributed by atoms with Crippen LogP contribution in [0.25, 0.3) is 0 Å². The lowest BCUT2D eigenvalue weighted by Crippen LogP contribution is -2.28. The first-order valence-electron chi connectivity index (χ1n) is 8.89. The summed E-state index contributed by atoms with van der Waals surface area (Å²) in [5, 5.41) is 1.02. The van der Waals surface area contributed by atoms with Crippen molar-refractivity contribution < 1.29 is 0 Å². The third kappa shape index (κ3) is 9.23. The van der Waals surface area contributed by atoms with Gasteiger partial charge in [0.25, 0.3) is 0 Å². The lowest BCUT2D eigenvalue weighted by Gasteiger charge is -2.41. The molecule has 134 valence electrons. The zero-order chi connectivity index (χ0) is 18.0. The van der Waals surface area contributed by atoms with E-state index in [4.69, 9.17) is 0 Å². The molecule has 0 saturated heterocycles. The minimum absolute atomic E-state index is 0.115. The highest BCUT2D eigenvalue weighted by molar-refractivity contribution is 7.62. The van der Waals surface area contributed by atoms with Crippen molar-refractivity contribution in [1.29, 1.82) is 0 Å². The normalized spacial score (nSPS) is 17.5. The van der Waals surface area contributed by atoms with E-state index in [2.05, 4.69) is 82.6 Å². The Balaban J connectivity index is 4.60. The molecule has 0 bridgehead atoms. The zero-order valence-corrected chi connectivity index (χ0v) is 19.5. The summed E-state index contributed by atoms with van der Waals surface area (Å²) in [7, 11) is 0.231. The van der Waals surface area contributed by atoms with E-state index < -0.39 is 0 Å². The predicted octanol–water partition coefficient (Wildman–Crippen LogP) is 7.64. The number of hydrogen-bond acceptors (Lipinski definition) is 0. The second kappa shape index (κ2) is 7.83. The highest BCUT2D eigenvalue weighted by Gasteiger charge is 2.33. The zero-order valence-electron chi connectivity index (χ0n) is 17.7. The van der Waals surface area contributed by atoms with Crippen LogP contribution in [0.15, 0.2) is 0 Å². The molecule has 0 aromatic rings. The first-order valence-corrected chi connectivity index (χ1v) is 12.8. The van der Waals surface area contributed by atoms with Gasteiger partial charge in [0.1, 0.15) is 0 Å². The maximum Gasteiger partial charge on any atom is -0.0148 e. The van der Waals surface area contributed by atoms with Crippen LogP contribution in [0.1, 0.15) is 82.1 Å². The predicted molar refractivity (Wildman–Crippen MR) is 112 cm³/mol. The van der Waals surface area contributed by atoms with Crippen molar-refractivity contribution in [3.63, 3.8) is 0 Å². The minimum atomic E-state index is 0.115. The second-order valence-electron chi connectivity index (χ2n) is 10.9. The molecule has 0 rings (SSSR count). The summed E-state index contributed by atoms with van der Waals surface area (Å²) in [6, 6.07) is 0. The van der Waals surface area contributed by atoms with Crippen molar-refractivity contribution in [3.05, 3.63) is 0 Å². The van der Waals surface area contributed by atoms with Crippen molar-refractivity contribution in [1.82, 2.24) is 0 Å². The fraction of sp³-hybridized carbons (Fsp3) is 1.00. The van der Waals surface area contributed by atoms with Gasteiger partial charge in [-0.3, -0.25) is 0 Å². The Hall–Kier alpha value is 0.860. The van der Waals surface area contributed by atoms with Gasteiger partial charge in [-0.25, -0.2) is 0 Å². The maximum atomic E-state index is 2.54. The molecule has 0 fully saturated rings. The molecule has 22 heavy (non-hydrogen) atoms. The summed E-state index contributed by atoms with van der Waals surface area (Å²) in [5.74, 6) is 0. The van der Waals surface area contributed by atoms with E-state index in [1.807, 2.05) is 0 Å². The number of hydrogen-bond donors (Lipinski definition) is 0. The Bertz CT molecular complexity index is 295. The lowest BCUT2D eigenvalue weighted by molar-refractivity contribution is 0.335. The minimum Gasteiger partial charge on any atom is -0.104 e. The topological polar surface area (TPSA) is 0 Å². The van der Waals surface area contributed by atoms with Gasteiger partial charge in [-0.15, -0.1) is 15.8 Å². The average molecular weight is 347 g/mol. The van der Waals surface area contributed by atoms with Crippen LogP contribution in [0.4, 0.5) is 0 Å². The van der Waals surface area contributed by atoms with Crippen LogP contribution in [-0.2, 0) is 0 Å².